The van der Waals surface area contributed by atoms with Gasteiger partial charge in [0.15, 0.2) is 0 Å². The Morgan fingerprint density at radius 1 is 0.852 bits per heavy atom. The van der Waals surface area contributed by atoms with Gasteiger partial charge in [-0.1, -0.05) is 12.2 Å². The average Bonchev–Trinajstić information content (AvgIpc) is 2.64. The van der Waals surface area contributed by atoms with Crippen LogP contribution in [0.4, 0.5) is 4.79 Å². The number of rotatable bonds is 15. The van der Waals surface area contributed by atoms with E-state index >= 15 is 0 Å². The lowest BCUT2D eigenvalue weighted by Gasteiger charge is -2.18. The number of hydrogen-bond donors (Lipinski definition) is 2. The number of allylic oxidation sites excluding steroid dienone is 2. The molecule has 0 saturated heterocycles. The van der Waals surface area contributed by atoms with E-state index in [9.17, 15) is 4.79 Å². The van der Waals surface area contributed by atoms with Gasteiger partial charge in [-0.3, -0.25) is 0 Å². The summed E-state index contributed by atoms with van der Waals surface area (Å²) in [6, 6.07) is 0. The van der Waals surface area contributed by atoms with Gasteiger partial charge >= 0.3 is 6.09 Å². The number of nitrogens with one attached hydrogen (secondary N) is 1. The molecule has 0 aliphatic heterocycles. The molecule has 8 heteroatoms. The highest BCUT2D eigenvalue weighted by molar-refractivity contribution is 5.67. The second-order valence-electron chi connectivity index (χ2n) is 6.17. The summed E-state index contributed by atoms with van der Waals surface area (Å²) in [7, 11) is 0. The van der Waals surface area contributed by atoms with Crippen molar-refractivity contribution < 1.29 is 28.5 Å². The van der Waals surface area contributed by atoms with Gasteiger partial charge in [0.2, 0.25) is 0 Å². The molecule has 1 aliphatic rings. The molecule has 1 rings (SSSR count). The molecule has 27 heavy (non-hydrogen) atoms. The van der Waals surface area contributed by atoms with Crippen molar-refractivity contribution in [1.82, 2.24) is 5.32 Å². The van der Waals surface area contributed by atoms with Gasteiger partial charge in [-0.05, 0) is 32.1 Å². The first-order valence-electron chi connectivity index (χ1n) is 9.93. The zero-order chi connectivity index (χ0) is 19.4. The molecular formula is C19H36N2O6. The first-order valence-corrected chi connectivity index (χ1v) is 9.93. The molecule has 0 aromatic heterocycles. The van der Waals surface area contributed by atoms with E-state index in [4.69, 9.17) is 29.4 Å². The lowest BCUT2D eigenvalue weighted by molar-refractivity contribution is -0.000779. The zero-order valence-electron chi connectivity index (χ0n) is 16.4. The second kappa shape index (κ2) is 18.2. The topological polar surface area (TPSA) is 101 Å². The fraction of sp³-hybridized carbons (Fsp3) is 0.842. The van der Waals surface area contributed by atoms with Crippen LogP contribution < -0.4 is 11.1 Å². The maximum atomic E-state index is 11.8. The molecule has 0 radical (unpaired) electrons. The maximum Gasteiger partial charge on any atom is 0.407 e. The van der Waals surface area contributed by atoms with Crippen LogP contribution in [0.25, 0.3) is 0 Å². The van der Waals surface area contributed by atoms with Gasteiger partial charge in [0.25, 0.3) is 0 Å². The van der Waals surface area contributed by atoms with Crippen molar-refractivity contribution in [3.63, 3.8) is 0 Å². The Balaban J connectivity index is 1.81. The van der Waals surface area contributed by atoms with Crippen LogP contribution in [-0.4, -0.2) is 78.1 Å². The fourth-order valence-electron chi connectivity index (χ4n) is 2.51. The van der Waals surface area contributed by atoms with Crippen LogP contribution in [-0.2, 0) is 23.7 Å². The minimum Gasteiger partial charge on any atom is -0.446 e. The largest absolute Gasteiger partial charge is 0.446 e. The molecule has 0 aromatic rings. The standard InChI is InChI=1S/C19H36N2O6/c20-8-10-23-12-14-25-16-17-26-15-13-24-11-9-21-19(22)27-18-6-4-2-1-3-5-7-18/h1-2,18H,3-17,20H2,(H,21,22). The van der Waals surface area contributed by atoms with Gasteiger partial charge in [0.05, 0.1) is 52.9 Å². The zero-order valence-corrected chi connectivity index (χ0v) is 16.4. The van der Waals surface area contributed by atoms with Gasteiger partial charge in [-0.2, -0.15) is 0 Å². The molecule has 0 fully saturated rings. The molecule has 0 heterocycles. The molecule has 0 spiro atoms. The van der Waals surface area contributed by atoms with Gasteiger partial charge in [-0.25, -0.2) is 4.79 Å². The molecule has 1 aliphatic carbocycles. The van der Waals surface area contributed by atoms with Crippen molar-refractivity contribution in [2.75, 3.05) is 65.9 Å². The SMILES string of the molecule is NCCOCCOCCOCCOCCNC(=O)OC1CCC=CCCC1. The van der Waals surface area contributed by atoms with E-state index in [0.29, 0.717) is 65.9 Å². The average molecular weight is 389 g/mol. The third kappa shape index (κ3) is 15.6. The van der Waals surface area contributed by atoms with Gasteiger partial charge in [0, 0.05) is 13.1 Å². The van der Waals surface area contributed by atoms with Crippen molar-refractivity contribution in [2.24, 2.45) is 5.73 Å². The maximum absolute atomic E-state index is 11.8. The lowest BCUT2D eigenvalue weighted by Crippen LogP contribution is -2.31. The van der Waals surface area contributed by atoms with Crippen LogP contribution in [0.5, 0.6) is 0 Å². The summed E-state index contributed by atoms with van der Waals surface area (Å²) in [5.74, 6) is 0. The summed E-state index contributed by atoms with van der Waals surface area (Å²) in [5.41, 5.74) is 5.30. The first-order chi connectivity index (χ1) is 13.3. The van der Waals surface area contributed by atoms with Gasteiger partial charge in [0.1, 0.15) is 6.10 Å². The monoisotopic (exact) mass is 388 g/mol. The normalized spacial score (nSPS) is 17.3. The number of carbonyl (C=O) groups excluding carboxylic acids is 1. The van der Waals surface area contributed by atoms with E-state index in [2.05, 4.69) is 17.5 Å². The Labute approximate surface area is 162 Å². The molecule has 1 atom stereocenters. The molecule has 3 N–H and O–H groups in total. The minimum atomic E-state index is -0.364. The van der Waals surface area contributed by atoms with E-state index in [1.165, 1.54) is 0 Å². The van der Waals surface area contributed by atoms with Crippen molar-refractivity contribution in [2.45, 2.75) is 38.2 Å². The molecule has 0 bridgehead atoms. The molecule has 0 saturated carbocycles. The fourth-order valence-corrected chi connectivity index (χ4v) is 2.51. The highest BCUT2D eigenvalue weighted by Gasteiger charge is 2.14. The van der Waals surface area contributed by atoms with Crippen LogP contribution in [0.1, 0.15) is 32.1 Å². The molecule has 1 unspecified atom stereocenters. The number of amides is 1. The van der Waals surface area contributed by atoms with Crippen LogP contribution >= 0.6 is 0 Å². The van der Waals surface area contributed by atoms with Gasteiger partial charge in [-0.15, -0.1) is 0 Å². The molecule has 158 valence electrons. The van der Waals surface area contributed by atoms with Crippen LogP contribution in [0, 0.1) is 0 Å². The molecule has 1 amide bonds. The number of hydrogen-bond acceptors (Lipinski definition) is 7. The van der Waals surface area contributed by atoms with Crippen molar-refractivity contribution in [3.05, 3.63) is 12.2 Å². The van der Waals surface area contributed by atoms with Crippen LogP contribution in [0.3, 0.4) is 0 Å². The third-order valence-corrected chi connectivity index (χ3v) is 3.89. The summed E-state index contributed by atoms with van der Waals surface area (Å²) >= 11 is 0. The predicted molar refractivity (Wildman–Crippen MR) is 103 cm³/mol. The summed E-state index contributed by atoms with van der Waals surface area (Å²) in [6.07, 6.45) is 8.91. The van der Waals surface area contributed by atoms with E-state index in [0.717, 1.165) is 32.1 Å². The Morgan fingerprint density at radius 2 is 1.44 bits per heavy atom. The number of alkyl carbamates (subject to hydrolysis) is 1. The molecular weight excluding hydrogens is 352 g/mol. The minimum absolute atomic E-state index is 0.0127. The third-order valence-electron chi connectivity index (χ3n) is 3.89. The summed E-state index contributed by atoms with van der Waals surface area (Å²) in [6.45, 7) is 5.04. The second-order valence-corrected chi connectivity index (χ2v) is 6.17. The summed E-state index contributed by atoms with van der Waals surface area (Å²) in [4.78, 5) is 11.8. The number of ether oxygens (including phenoxy) is 5. The highest BCUT2D eigenvalue weighted by Crippen LogP contribution is 2.15. The lowest BCUT2D eigenvalue weighted by atomic mass is 10.0. The van der Waals surface area contributed by atoms with Crippen LogP contribution in [0.2, 0.25) is 0 Å². The Morgan fingerprint density at radius 3 is 2.11 bits per heavy atom. The Hall–Kier alpha value is -1.19. The summed E-state index contributed by atoms with van der Waals surface area (Å²) in [5, 5.41) is 2.72. The van der Waals surface area contributed by atoms with Crippen molar-refractivity contribution in [1.29, 1.82) is 0 Å². The Kier molecular flexibility index (Phi) is 16.1. The summed E-state index contributed by atoms with van der Waals surface area (Å²) < 4.78 is 26.8. The van der Waals surface area contributed by atoms with E-state index in [-0.39, 0.29) is 12.2 Å². The smallest absolute Gasteiger partial charge is 0.407 e. The quantitative estimate of drug-likeness (QED) is 0.325. The van der Waals surface area contributed by atoms with E-state index in [1.807, 2.05) is 0 Å². The van der Waals surface area contributed by atoms with Crippen molar-refractivity contribution in [3.8, 4) is 0 Å². The highest BCUT2D eigenvalue weighted by atomic mass is 16.6. The predicted octanol–water partition coefficient (Wildman–Crippen LogP) is 1.63. The Bertz CT molecular complexity index is 381. The van der Waals surface area contributed by atoms with Crippen molar-refractivity contribution >= 4 is 6.09 Å². The molecule has 8 nitrogen and oxygen atoms in total. The number of carbonyl (C=O) groups is 1. The van der Waals surface area contributed by atoms with Gasteiger partial charge < -0.3 is 34.7 Å². The number of nitrogens with two attached hydrogens (primary N) is 1. The molecule has 0 aromatic carbocycles. The first kappa shape index (κ1) is 23.8. The van der Waals surface area contributed by atoms with Crippen LogP contribution in [0.15, 0.2) is 12.2 Å². The van der Waals surface area contributed by atoms with E-state index in [1.54, 1.807) is 0 Å². The van der Waals surface area contributed by atoms with E-state index < -0.39 is 0 Å².